The molecule has 1 saturated heterocycles. The van der Waals surface area contributed by atoms with Crippen molar-refractivity contribution >= 4 is 28.9 Å². The average Bonchev–Trinajstić information content (AvgIpc) is 3.21. The van der Waals surface area contributed by atoms with Crippen molar-refractivity contribution in [3.05, 3.63) is 53.3 Å². The van der Waals surface area contributed by atoms with E-state index in [2.05, 4.69) is 20.3 Å². The van der Waals surface area contributed by atoms with Crippen LogP contribution >= 0.6 is 11.6 Å². The number of hydrogen-bond acceptors (Lipinski definition) is 7. The predicted molar refractivity (Wildman–Crippen MR) is 112 cm³/mol. The van der Waals surface area contributed by atoms with Crippen molar-refractivity contribution in [3.63, 3.8) is 0 Å². The molecule has 1 fully saturated rings. The van der Waals surface area contributed by atoms with Crippen LogP contribution in [0.25, 0.3) is 5.95 Å². The number of morpholine rings is 1. The third-order valence-electron chi connectivity index (χ3n) is 4.57. The number of nitrogens with zero attached hydrogens (tertiary/aromatic N) is 5. The van der Waals surface area contributed by atoms with Gasteiger partial charge >= 0.3 is 0 Å². The van der Waals surface area contributed by atoms with Crippen LogP contribution in [0.4, 0.5) is 17.3 Å². The molecule has 1 aromatic carbocycles. The second-order valence-corrected chi connectivity index (χ2v) is 7.78. The van der Waals surface area contributed by atoms with Gasteiger partial charge in [-0.15, -0.1) is 0 Å². The Kier molecular flexibility index (Phi) is 5.40. The summed E-state index contributed by atoms with van der Waals surface area (Å²) < 4.78 is 7.03. The van der Waals surface area contributed by atoms with Crippen LogP contribution in [0.2, 0.25) is 5.02 Å². The number of aliphatic hydroxyl groups is 1. The summed E-state index contributed by atoms with van der Waals surface area (Å²) in [5.41, 5.74) is 0.368. The molecule has 0 amide bonds. The molecule has 4 rings (SSSR count). The second kappa shape index (κ2) is 7.98. The van der Waals surface area contributed by atoms with Crippen LogP contribution in [0.1, 0.15) is 19.5 Å². The molecule has 0 bridgehead atoms. The van der Waals surface area contributed by atoms with Crippen molar-refractivity contribution in [2.75, 3.05) is 36.5 Å². The molecule has 29 heavy (non-hydrogen) atoms. The summed E-state index contributed by atoms with van der Waals surface area (Å²) in [7, 11) is 0. The summed E-state index contributed by atoms with van der Waals surface area (Å²) in [4.78, 5) is 11.5. The van der Waals surface area contributed by atoms with E-state index < -0.39 is 5.60 Å². The maximum atomic E-state index is 10.2. The topological polar surface area (TPSA) is 88.3 Å². The Balaban J connectivity index is 1.71. The molecule has 0 spiro atoms. The van der Waals surface area contributed by atoms with Crippen LogP contribution < -0.4 is 10.2 Å². The lowest BCUT2D eigenvalue weighted by Crippen LogP contribution is -2.37. The monoisotopic (exact) mass is 414 g/mol. The maximum Gasteiger partial charge on any atom is 0.254 e. The molecule has 9 heteroatoms. The average molecular weight is 415 g/mol. The van der Waals surface area contributed by atoms with Crippen molar-refractivity contribution in [2.24, 2.45) is 0 Å². The van der Waals surface area contributed by atoms with Gasteiger partial charge in [0, 0.05) is 36.1 Å². The van der Waals surface area contributed by atoms with Gasteiger partial charge < -0.3 is 20.1 Å². The summed E-state index contributed by atoms with van der Waals surface area (Å²) in [6.07, 6.45) is 1.75. The fourth-order valence-corrected chi connectivity index (χ4v) is 3.11. The molecule has 3 heterocycles. The molecule has 2 aromatic heterocycles. The molecule has 0 atom stereocenters. The Morgan fingerprint density at radius 3 is 2.48 bits per heavy atom. The van der Waals surface area contributed by atoms with Crippen molar-refractivity contribution < 1.29 is 9.84 Å². The van der Waals surface area contributed by atoms with Crippen LogP contribution in [0.3, 0.4) is 0 Å². The highest BCUT2D eigenvalue weighted by atomic mass is 35.5. The number of ether oxygens (including phenoxy) is 1. The number of rotatable bonds is 5. The molecule has 0 radical (unpaired) electrons. The number of halogens is 1. The van der Waals surface area contributed by atoms with Crippen molar-refractivity contribution in [1.29, 1.82) is 0 Å². The minimum absolute atomic E-state index is 0.418. The van der Waals surface area contributed by atoms with Gasteiger partial charge in [-0.3, -0.25) is 0 Å². The van der Waals surface area contributed by atoms with E-state index in [9.17, 15) is 5.11 Å². The standard InChI is InChI=1S/C20H23ClN6O2/c1-20(2,28)16-7-8-27(25-16)19-23-17(22-15-5-3-14(21)4-6-15)13-18(24-19)26-9-11-29-12-10-26/h3-8,13,28H,9-12H2,1-2H3,(H,22,23,24). The first-order valence-electron chi connectivity index (χ1n) is 9.42. The highest BCUT2D eigenvalue weighted by molar-refractivity contribution is 6.30. The van der Waals surface area contributed by atoms with Gasteiger partial charge in [0.15, 0.2) is 0 Å². The smallest absolute Gasteiger partial charge is 0.254 e. The zero-order valence-electron chi connectivity index (χ0n) is 16.3. The van der Waals surface area contributed by atoms with Crippen molar-refractivity contribution in [3.8, 4) is 5.95 Å². The number of hydrogen-bond donors (Lipinski definition) is 2. The number of aromatic nitrogens is 4. The third-order valence-corrected chi connectivity index (χ3v) is 4.83. The van der Waals surface area contributed by atoms with Crippen LogP contribution in [0.5, 0.6) is 0 Å². The van der Waals surface area contributed by atoms with E-state index in [1.54, 1.807) is 30.8 Å². The van der Waals surface area contributed by atoms with Gasteiger partial charge in [-0.05, 0) is 44.2 Å². The summed E-state index contributed by atoms with van der Waals surface area (Å²) in [5, 5.41) is 18.6. The first kappa shape index (κ1) is 19.6. The van der Waals surface area contributed by atoms with E-state index in [1.807, 2.05) is 30.3 Å². The first-order chi connectivity index (χ1) is 13.9. The minimum Gasteiger partial charge on any atom is -0.384 e. The van der Waals surface area contributed by atoms with E-state index in [1.165, 1.54) is 0 Å². The zero-order chi connectivity index (χ0) is 20.4. The van der Waals surface area contributed by atoms with Crippen LogP contribution in [-0.4, -0.2) is 51.2 Å². The SMILES string of the molecule is CC(C)(O)c1ccn(-c2nc(Nc3ccc(Cl)cc3)cc(N3CCOCC3)n2)n1. The molecule has 0 aliphatic carbocycles. The van der Waals surface area contributed by atoms with Gasteiger partial charge in [0.05, 0.1) is 18.9 Å². The summed E-state index contributed by atoms with van der Waals surface area (Å²) in [5.74, 6) is 1.84. The lowest BCUT2D eigenvalue weighted by molar-refractivity contribution is 0.0734. The summed E-state index contributed by atoms with van der Waals surface area (Å²) in [6, 6.07) is 11.1. The predicted octanol–water partition coefficient (Wildman–Crippen LogP) is 3.12. The molecule has 1 aliphatic heterocycles. The largest absolute Gasteiger partial charge is 0.384 e. The normalized spacial score (nSPS) is 14.8. The van der Waals surface area contributed by atoms with E-state index >= 15 is 0 Å². The van der Waals surface area contributed by atoms with Gasteiger partial charge in [-0.25, -0.2) is 4.68 Å². The molecule has 152 valence electrons. The molecule has 1 aliphatic rings. The molecule has 0 unspecified atom stereocenters. The van der Waals surface area contributed by atoms with Gasteiger partial charge in [0.25, 0.3) is 5.95 Å². The van der Waals surface area contributed by atoms with Gasteiger partial charge in [-0.2, -0.15) is 15.1 Å². The number of nitrogens with one attached hydrogen (secondary N) is 1. The summed E-state index contributed by atoms with van der Waals surface area (Å²) >= 11 is 5.98. The Morgan fingerprint density at radius 2 is 1.83 bits per heavy atom. The van der Waals surface area contributed by atoms with Crippen molar-refractivity contribution in [1.82, 2.24) is 19.7 Å². The van der Waals surface area contributed by atoms with Crippen LogP contribution in [0.15, 0.2) is 42.6 Å². The highest BCUT2D eigenvalue weighted by Gasteiger charge is 2.21. The lowest BCUT2D eigenvalue weighted by atomic mass is 10.1. The quantitative estimate of drug-likeness (QED) is 0.663. The number of benzene rings is 1. The Bertz CT molecular complexity index is 977. The molecule has 8 nitrogen and oxygen atoms in total. The highest BCUT2D eigenvalue weighted by Crippen LogP contribution is 2.24. The Morgan fingerprint density at radius 1 is 1.10 bits per heavy atom. The lowest BCUT2D eigenvalue weighted by Gasteiger charge is -2.28. The second-order valence-electron chi connectivity index (χ2n) is 7.35. The fourth-order valence-electron chi connectivity index (χ4n) is 2.99. The molecular weight excluding hydrogens is 392 g/mol. The summed E-state index contributed by atoms with van der Waals surface area (Å²) in [6.45, 7) is 6.21. The Labute approximate surface area is 174 Å². The van der Waals surface area contributed by atoms with Crippen LogP contribution in [0, 0.1) is 0 Å². The van der Waals surface area contributed by atoms with E-state index in [0.717, 1.165) is 24.6 Å². The van der Waals surface area contributed by atoms with Gasteiger partial charge in [0.2, 0.25) is 0 Å². The third kappa shape index (κ3) is 4.67. The molecule has 0 saturated carbocycles. The zero-order valence-corrected chi connectivity index (χ0v) is 17.1. The van der Waals surface area contributed by atoms with Gasteiger partial charge in [-0.1, -0.05) is 11.6 Å². The fraction of sp³-hybridized carbons (Fsp3) is 0.350. The van der Waals surface area contributed by atoms with Gasteiger partial charge in [0.1, 0.15) is 17.2 Å². The van der Waals surface area contributed by atoms with E-state index in [-0.39, 0.29) is 0 Å². The maximum absolute atomic E-state index is 10.2. The van der Waals surface area contributed by atoms with E-state index in [4.69, 9.17) is 21.3 Å². The Hall–Kier alpha value is -2.68. The van der Waals surface area contributed by atoms with Crippen molar-refractivity contribution in [2.45, 2.75) is 19.4 Å². The van der Waals surface area contributed by atoms with Crippen LogP contribution in [-0.2, 0) is 10.3 Å². The minimum atomic E-state index is -1.04. The number of anilines is 3. The first-order valence-corrected chi connectivity index (χ1v) is 9.79. The molecular formula is C20H23ClN6O2. The van der Waals surface area contributed by atoms with E-state index in [0.29, 0.717) is 35.7 Å². The molecule has 2 N–H and O–H groups in total. The molecule has 3 aromatic rings.